The first kappa shape index (κ1) is 27.0. The molecular weight excluding hydrogens is 412 g/mol. The van der Waals surface area contributed by atoms with E-state index in [1.807, 2.05) is 42.5 Å². The molecule has 0 spiro atoms. The Hall–Kier alpha value is -2.21. The van der Waals surface area contributed by atoms with Gasteiger partial charge in [0.05, 0.1) is 12.7 Å². The van der Waals surface area contributed by atoms with Crippen LogP contribution >= 0.6 is 0 Å². The summed E-state index contributed by atoms with van der Waals surface area (Å²) in [5, 5.41) is 10.7. The predicted octanol–water partition coefficient (Wildman–Crippen LogP) is 4.82. The Bertz CT molecular complexity index is 826. The van der Waals surface area contributed by atoms with Crippen LogP contribution in [0.3, 0.4) is 0 Å². The molecule has 0 fully saturated rings. The van der Waals surface area contributed by atoms with Gasteiger partial charge in [-0.05, 0) is 59.2 Å². The highest BCUT2D eigenvalue weighted by Gasteiger charge is 2.24. The number of hydrogen-bond donors (Lipinski definition) is 1. The van der Waals surface area contributed by atoms with Gasteiger partial charge in [-0.3, -0.25) is 9.69 Å². The molecule has 2 rings (SSSR count). The highest BCUT2D eigenvalue weighted by atomic mass is 16.5. The second-order valence-electron chi connectivity index (χ2n) is 9.14. The van der Waals surface area contributed by atoms with Gasteiger partial charge in [-0.2, -0.15) is 0 Å². The summed E-state index contributed by atoms with van der Waals surface area (Å²) in [6.45, 7) is 15.3. The highest BCUT2D eigenvalue weighted by Crippen LogP contribution is 2.19. The van der Waals surface area contributed by atoms with Gasteiger partial charge in [0.1, 0.15) is 6.10 Å². The van der Waals surface area contributed by atoms with Gasteiger partial charge >= 0.3 is 0 Å². The Morgan fingerprint density at radius 1 is 0.939 bits per heavy atom. The molecule has 1 N–H and O–H groups in total. The SMILES string of the molecule is CCN(CC)c1cccc(CC(OCC(O)CN(C(C)C)C(C)C)C(=O)c2ccccc2)c1. The molecule has 0 aliphatic carbocycles. The molecule has 0 saturated heterocycles. The van der Waals surface area contributed by atoms with Crippen molar-refractivity contribution in [3.05, 3.63) is 65.7 Å². The van der Waals surface area contributed by atoms with Gasteiger partial charge in [-0.1, -0.05) is 42.5 Å². The molecule has 0 aromatic heterocycles. The number of carbonyl (C=O) groups is 1. The smallest absolute Gasteiger partial charge is 0.191 e. The number of ether oxygens (including phenoxy) is 1. The molecule has 33 heavy (non-hydrogen) atoms. The Balaban J connectivity index is 2.17. The zero-order valence-corrected chi connectivity index (χ0v) is 21.2. The van der Waals surface area contributed by atoms with Crippen LogP contribution in [0.1, 0.15) is 57.5 Å². The standard InChI is InChI=1S/C28H42N2O3/c1-7-29(8-2)25-16-12-13-23(17-25)18-27(28(32)24-14-10-9-11-15-24)33-20-26(31)19-30(21(3)4)22(5)6/h9-17,21-22,26-27,31H,7-8,18-20H2,1-6H3. The van der Waals surface area contributed by atoms with Crippen molar-refractivity contribution in [2.75, 3.05) is 31.1 Å². The fourth-order valence-corrected chi connectivity index (χ4v) is 4.24. The van der Waals surface area contributed by atoms with E-state index in [0.717, 1.165) is 24.3 Å². The summed E-state index contributed by atoms with van der Waals surface area (Å²) in [5.41, 5.74) is 2.82. The lowest BCUT2D eigenvalue weighted by Crippen LogP contribution is -2.44. The Morgan fingerprint density at radius 2 is 1.58 bits per heavy atom. The van der Waals surface area contributed by atoms with Crippen molar-refractivity contribution < 1.29 is 14.6 Å². The van der Waals surface area contributed by atoms with E-state index in [0.29, 0.717) is 30.6 Å². The van der Waals surface area contributed by atoms with Crippen LogP contribution in [0.25, 0.3) is 0 Å². The minimum absolute atomic E-state index is 0.0550. The van der Waals surface area contributed by atoms with E-state index < -0.39 is 12.2 Å². The number of ketones is 1. The van der Waals surface area contributed by atoms with Crippen molar-refractivity contribution in [2.24, 2.45) is 0 Å². The normalized spacial score (nSPS) is 13.5. The quantitative estimate of drug-likeness (QED) is 0.415. The van der Waals surface area contributed by atoms with Crippen LogP contribution in [0.15, 0.2) is 54.6 Å². The van der Waals surface area contributed by atoms with Crippen LogP contribution in [0.5, 0.6) is 0 Å². The van der Waals surface area contributed by atoms with E-state index in [1.54, 1.807) is 0 Å². The average Bonchev–Trinajstić information content (AvgIpc) is 2.81. The summed E-state index contributed by atoms with van der Waals surface area (Å²) < 4.78 is 6.10. The number of anilines is 1. The van der Waals surface area contributed by atoms with Gasteiger partial charge in [0.2, 0.25) is 0 Å². The Labute approximate surface area is 200 Å². The summed E-state index contributed by atoms with van der Waals surface area (Å²) in [4.78, 5) is 17.8. The molecular formula is C28H42N2O3. The molecule has 0 bridgehead atoms. The summed E-state index contributed by atoms with van der Waals surface area (Å²) >= 11 is 0. The number of aliphatic hydroxyl groups excluding tert-OH is 1. The van der Waals surface area contributed by atoms with Crippen molar-refractivity contribution in [3.8, 4) is 0 Å². The third-order valence-corrected chi connectivity index (χ3v) is 6.05. The Morgan fingerprint density at radius 3 is 2.15 bits per heavy atom. The monoisotopic (exact) mass is 454 g/mol. The van der Waals surface area contributed by atoms with Crippen molar-refractivity contribution in [1.29, 1.82) is 0 Å². The van der Waals surface area contributed by atoms with Gasteiger partial charge in [0, 0.05) is 49.4 Å². The molecule has 0 radical (unpaired) electrons. The fourth-order valence-electron chi connectivity index (χ4n) is 4.24. The first-order valence-corrected chi connectivity index (χ1v) is 12.2. The summed E-state index contributed by atoms with van der Waals surface area (Å²) in [7, 11) is 0. The summed E-state index contributed by atoms with van der Waals surface area (Å²) in [5.74, 6) is -0.0550. The van der Waals surface area contributed by atoms with Crippen molar-refractivity contribution in [3.63, 3.8) is 0 Å². The molecule has 0 saturated carbocycles. The molecule has 0 amide bonds. The second-order valence-corrected chi connectivity index (χ2v) is 9.14. The van der Waals surface area contributed by atoms with Crippen LogP contribution in [0.4, 0.5) is 5.69 Å². The number of aliphatic hydroxyl groups is 1. The largest absolute Gasteiger partial charge is 0.389 e. The van der Waals surface area contributed by atoms with Gasteiger partial charge in [0.25, 0.3) is 0 Å². The molecule has 0 aliphatic heterocycles. The molecule has 2 atom stereocenters. The van der Waals surface area contributed by atoms with Crippen LogP contribution in [-0.4, -0.2) is 66.3 Å². The van der Waals surface area contributed by atoms with Crippen LogP contribution in [0, 0.1) is 0 Å². The van der Waals surface area contributed by atoms with Crippen LogP contribution < -0.4 is 4.90 Å². The van der Waals surface area contributed by atoms with Gasteiger partial charge in [0.15, 0.2) is 5.78 Å². The lowest BCUT2D eigenvalue weighted by atomic mass is 9.99. The van der Waals surface area contributed by atoms with E-state index in [1.165, 1.54) is 0 Å². The minimum atomic E-state index is -0.664. The lowest BCUT2D eigenvalue weighted by molar-refractivity contribution is -0.0207. The predicted molar refractivity (Wildman–Crippen MR) is 137 cm³/mol. The molecule has 0 heterocycles. The van der Waals surface area contributed by atoms with Crippen molar-refractivity contribution >= 4 is 11.5 Å². The molecule has 0 aliphatic rings. The van der Waals surface area contributed by atoms with Crippen LogP contribution in [0.2, 0.25) is 0 Å². The number of benzene rings is 2. The lowest BCUT2D eigenvalue weighted by Gasteiger charge is -2.32. The molecule has 2 aromatic carbocycles. The maximum atomic E-state index is 13.3. The maximum Gasteiger partial charge on any atom is 0.191 e. The van der Waals surface area contributed by atoms with E-state index >= 15 is 0 Å². The topological polar surface area (TPSA) is 53.0 Å². The Kier molecular flexibility index (Phi) is 11.0. The van der Waals surface area contributed by atoms with E-state index in [9.17, 15) is 9.90 Å². The van der Waals surface area contributed by atoms with E-state index in [4.69, 9.17) is 4.74 Å². The molecule has 2 unspecified atom stereocenters. The number of Topliss-reactive ketones (excluding diaryl/α,β-unsaturated/α-hetero) is 1. The summed E-state index contributed by atoms with van der Waals surface area (Å²) in [6, 6.07) is 18.2. The number of rotatable bonds is 14. The van der Waals surface area contributed by atoms with Gasteiger partial charge in [-0.25, -0.2) is 0 Å². The third-order valence-electron chi connectivity index (χ3n) is 6.05. The average molecular weight is 455 g/mol. The third kappa shape index (κ3) is 8.26. The molecule has 5 heteroatoms. The minimum Gasteiger partial charge on any atom is -0.389 e. The number of carbonyl (C=O) groups excluding carboxylic acids is 1. The highest BCUT2D eigenvalue weighted by molar-refractivity contribution is 5.99. The van der Waals surface area contributed by atoms with E-state index in [2.05, 4.69) is 63.5 Å². The van der Waals surface area contributed by atoms with Crippen molar-refractivity contribution in [2.45, 2.75) is 72.3 Å². The zero-order chi connectivity index (χ0) is 24.4. The molecule has 182 valence electrons. The molecule has 5 nitrogen and oxygen atoms in total. The summed E-state index contributed by atoms with van der Waals surface area (Å²) in [6.07, 6.45) is -0.850. The van der Waals surface area contributed by atoms with Gasteiger partial charge < -0.3 is 14.7 Å². The number of hydrogen-bond acceptors (Lipinski definition) is 5. The number of nitrogens with zero attached hydrogens (tertiary/aromatic N) is 2. The fraction of sp³-hybridized carbons (Fsp3) is 0.536. The molecule has 2 aromatic rings. The second kappa shape index (κ2) is 13.5. The van der Waals surface area contributed by atoms with Crippen molar-refractivity contribution in [1.82, 2.24) is 4.90 Å². The zero-order valence-electron chi connectivity index (χ0n) is 21.2. The van der Waals surface area contributed by atoms with E-state index in [-0.39, 0.29) is 12.4 Å². The first-order valence-electron chi connectivity index (χ1n) is 12.2. The van der Waals surface area contributed by atoms with Crippen LogP contribution in [-0.2, 0) is 11.2 Å². The maximum absolute atomic E-state index is 13.3. The first-order chi connectivity index (χ1) is 15.8. The van der Waals surface area contributed by atoms with Gasteiger partial charge in [-0.15, -0.1) is 0 Å².